The number of aromatic nitrogens is 1. The molecule has 1 aliphatic heterocycles. The number of carbonyl (C=O) groups excluding carboxylic acids is 2. The first-order valence-corrected chi connectivity index (χ1v) is 9.68. The summed E-state index contributed by atoms with van der Waals surface area (Å²) in [6.07, 6.45) is 1.75. The van der Waals surface area contributed by atoms with Crippen molar-refractivity contribution in [2.75, 3.05) is 5.73 Å². The van der Waals surface area contributed by atoms with E-state index in [1.165, 1.54) is 4.57 Å². The first-order valence-electron chi connectivity index (χ1n) is 8.80. The second-order valence-corrected chi connectivity index (χ2v) is 7.58. The molecule has 0 fully saturated rings. The first kappa shape index (κ1) is 18.6. The molecule has 3 aromatic rings. The van der Waals surface area contributed by atoms with Gasteiger partial charge in [-0.05, 0) is 17.2 Å². The van der Waals surface area contributed by atoms with Crippen LogP contribution in [0.25, 0.3) is 11.0 Å². The van der Waals surface area contributed by atoms with Gasteiger partial charge in [-0.2, -0.15) is 5.26 Å². The summed E-state index contributed by atoms with van der Waals surface area (Å²) in [7, 11) is 0. The minimum atomic E-state index is -0.699. The zero-order chi connectivity index (χ0) is 20.5. The summed E-state index contributed by atoms with van der Waals surface area (Å²) in [6.45, 7) is 0. The van der Waals surface area contributed by atoms with Crippen LogP contribution in [-0.4, -0.2) is 16.4 Å². The van der Waals surface area contributed by atoms with Crippen molar-refractivity contribution in [3.8, 4) is 6.07 Å². The van der Waals surface area contributed by atoms with Gasteiger partial charge in [-0.1, -0.05) is 72.4 Å². The van der Waals surface area contributed by atoms with Gasteiger partial charge in [0, 0.05) is 5.22 Å². The number of hydrogen-bond donors (Lipinski definition) is 2. The van der Waals surface area contributed by atoms with Crippen LogP contribution in [0.2, 0.25) is 0 Å². The zero-order valence-electron chi connectivity index (χ0n) is 15.2. The second-order valence-electron chi connectivity index (χ2n) is 6.47. The highest BCUT2D eigenvalue weighted by atomic mass is 32.2. The van der Waals surface area contributed by atoms with Crippen molar-refractivity contribution >= 4 is 40.2 Å². The Morgan fingerprint density at radius 3 is 2.31 bits per heavy atom. The monoisotopic (exact) mass is 400 g/mol. The van der Waals surface area contributed by atoms with E-state index in [1.54, 1.807) is 18.2 Å². The highest BCUT2D eigenvalue weighted by molar-refractivity contribution is 8.10. The molecular formula is C22H16N4O2S. The lowest BCUT2D eigenvalue weighted by Crippen LogP contribution is -2.43. The van der Waals surface area contributed by atoms with E-state index in [-0.39, 0.29) is 27.5 Å². The SMILES string of the molecule is N#Cc1c(N)/c(=C\c2ccccc2)c2n1C(=O)[C@H](c1ccccc1)SC=2C(N)=O. The van der Waals surface area contributed by atoms with Crippen LogP contribution in [0.4, 0.5) is 5.69 Å². The molecule has 1 atom stereocenters. The van der Waals surface area contributed by atoms with Gasteiger partial charge >= 0.3 is 0 Å². The Morgan fingerprint density at radius 1 is 1.10 bits per heavy atom. The van der Waals surface area contributed by atoms with E-state index < -0.39 is 11.2 Å². The smallest absolute Gasteiger partial charge is 0.257 e. The lowest BCUT2D eigenvalue weighted by molar-refractivity contribution is -0.112. The molecule has 0 aliphatic carbocycles. The average molecular weight is 400 g/mol. The van der Waals surface area contributed by atoms with Crippen LogP contribution in [-0.2, 0) is 4.79 Å². The molecule has 4 rings (SSSR count). The van der Waals surface area contributed by atoms with Crippen molar-refractivity contribution in [3.63, 3.8) is 0 Å². The maximum Gasteiger partial charge on any atom is 0.257 e. The van der Waals surface area contributed by atoms with Gasteiger partial charge in [-0.25, -0.2) is 0 Å². The molecule has 2 heterocycles. The van der Waals surface area contributed by atoms with Gasteiger partial charge in [0.2, 0.25) is 5.91 Å². The fourth-order valence-corrected chi connectivity index (χ4v) is 4.54. The van der Waals surface area contributed by atoms with E-state index >= 15 is 0 Å². The summed E-state index contributed by atoms with van der Waals surface area (Å²) in [5.74, 6) is -1.01. The predicted octanol–water partition coefficient (Wildman–Crippen LogP) is 1.49. The molecule has 6 nitrogen and oxygen atoms in total. The molecule has 4 N–H and O–H groups in total. The Labute approximate surface area is 170 Å². The molecule has 1 aliphatic rings. The van der Waals surface area contributed by atoms with Crippen LogP contribution in [0.5, 0.6) is 0 Å². The van der Waals surface area contributed by atoms with Gasteiger partial charge in [-0.15, -0.1) is 0 Å². The molecule has 29 heavy (non-hydrogen) atoms. The van der Waals surface area contributed by atoms with Crippen LogP contribution in [0.1, 0.15) is 26.9 Å². The third kappa shape index (κ3) is 3.10. The average Bonchev–Trinajstić information content (AvgIpc) is 3.01. The molecule has 0 saturated carbocycles. The quantitative estimate of drug-likeness (QED) is 0.691. The number of nitrogen functional groups attached to an aromatic ring is 1. The van der Waals surface area contributed by atoms with E-state index in [9.17, 15) is 14.9 Å². The summed E-state index contributed by atoms with van der Waals surface area (Å²) < 4.78 is 1.23. The number of nitriles is 1. The van der Waals surface area contributed by atoms with Gasteiger partial charge in [0.15, 0.2) is 5.69 Å². The van der Waals surface area contributed by atoms with Gasteiger partial charge in [-0.3, -0.25) is 14.2 Å². The Bertz CT molecular complexity index is 1290. The molecule has 7 heteroatoms. The number of nitrogens with two attached hydrogens (primary N) is 2. The normalized spacial score (nSPS) is 16.4. The fraction of sp³-hybridized carbons (Fsp3) is 0.0455. The van der Waals surface area contributed by atoms with E-state index in [0.29, 0.717) is 5.22 Å². The van der Waals surface area contributed by atoms with Crippen LogP contribution in [0.15, 0.2) is 60.7 Å². The van der Waals surface area contributed by atoms with Crippen molar-refractivity contribution in [1.82, 2.24) is 4.57 Å². The number of benzene rings is 2. The summed E-state index contributed by atoms with van der Waals surface area (Å²) in [6, 6.07) is 20.4. The van der Waals surface area contributed by atoms with Gasteiger partial charge < -0.3 is 11.5 Å². The van der Waals surface area contributed by atoms with Gasteiger partial charge in [0.05, 0.1) is 15.9 Å². The topological polar surface area (TPSA) is 115 Å². The van der Waals surface area contributed by atoms with E-state index in [1.807, 2.05) is 54.6 Å². The molecule has 0 saturated heterocycles. The van der Waals surface area contributed by atoms with Gasteiger partial charge in [0.25, 0.3) is 5.91 Å². The Hall–Kier alpha value is -3.76. The largest absolute Gasteiger partial charge is 0.396 e. The number of primary amides is 1. The molecule has 0 unspecified atom stereocenters. The second kappa shape index (κ2) is 7.34. The number of carbonyl (C=O) groups is 2. The third-order valence-corrected chi connectivity index (χ3v) is 6.03. The van der Waals surface area contributed by atoms with Crippen LogP contribution in [0.3, 0.4) is 0 Å². The van der Waals surface area contributed by atoms with Crippen molar-refractivity contribution in [3.05, 3.63) is 88.1 Å². The van der Waals surface area contributed by atoms with Crippen LogP contribution in [0, 0.1) is 11.3 Å². The van der Waals surface area contributed by atoms with E-state index in [2.05, 4.69) is 0 Å². The molecule has 0 bridgehead atoms. The summed E-state index contributed by atoms with van der Waals surface area (Å²) >= 11 is 1.09. The number of anilines is 1. The van der Waals surface area contributed by atoms with E-state index in [0.717, 1.165) is 22.9 Å². The molecule has 0 spiro atoms. The summed E-state index contributed by atoms with van der Waals surface area (Å²) in [5, 5.41) is 9.72. The number of fused-ring (bicyclic) bond motifs is 1. The number of thioether (sulfide) groups is 1. The molecule has 0 radical (unpaired) electrons. The standard InChI is InChI=1S/C22H16N4O2S/c23-12-16-17(24)15(11-13-7-3-1-4-8-13)18-20(21(25)27)29-19(22(28)26(16)18)14-9-5-2-6-10-14/h1-11,19H,24H2,(H2,25,27)/b15-11+/t19-/m0/s1. The molecule has 1 amide bonds. The van der Waals surface area contributed by atoms with Crippen molar-refractivity contribution in [1.29, 1.82) is 5.26 Å². The first-order chi connectivity index (χ1) is 14.0. The third-order valence-electron chi connectivity index (χ3n) is 4.69. The van der Waals surface area contributed by atoms with E-state index in [4.69, 9.17) is 11.5 Å². The lowest BCUT2D eigenvalue weighted by Gasteiger charge is -2.22. The zero-order valence-corrected chi connectivity index (χ0v) is 16.0. The molecule has 1 aromatic heterocycles. The minimum Gasteiger partial charge on any atom is -0.396 e. The number of hydrogen-bond acceptors (Lipinski definition) is 5. The van der Waals surface area contributed by atoms with Gasteiger partial charge in [0.1, 0.15) is 11.3 Å². The van der Waals surface area contributed by atoms with Crippen LogP contribution < -0.4 is 22.0 Å². The Morgan fingerprint density at radius 2 is 1.72 bits per heavy atom. The number of amides is 1. The summed E-state index contributed by atoms with van der Waals surface area (Å²) in [5.41, 5.74) is 13.6. The highest BCUT2D eigenvalue weighted by Gasteiger charge is 2.35. The predicted molar refractivity (Wildman–Crippen MR) is 113 cm³/mol. The Kier molecular flexibility index (Phi) is 4.71. The highest BCUT2D eigenvalue weighted by Crippen LogP contribution is 2.38. The number of nitrogens with zero attached hydrogens (tertiary/aromatic N) is 2. The molecular weight excluding hydrogens is 384 g/mol. The van der Waals surface area contributed by atoms with Crippen molar-refractivity contribution in [2.24, 2.45) is 5.73 Å². The molecule has 142 valence electrons. The maximum absolute atomic E-state index is 13.3. The molecule has 2 aromatic carbocycles. The summed E-state index contributed by atoms with van der Waals surface area (Å²) in [4.78, 5) is 25.9. The van der Waals surface area contributed by atoms with Crippen LogP contribution >= 0.6 is 11.8 Å². The fourth-order valence-electron chi connectivity index (χ4n) is 3.38. The Balaban J connectivity index is 2.08. The maximum atomic E-state index is 13.3. The minimum absolute atomic E-state index is 0.00663. The van der Waals surface area contributed by atoms with Crippen molar-refractivity contribution < 1.29 is 9.59 Å². The number of rotatable bonds is 3. The van der Waals surface area contributed by atoms with Crippen molar-refractivity contribution in [2.45, 2.75) is 5.25 Å². The lowest BCUT2D eigenvalue weighted by atomic mass is 10.1.